The van der Waals surface area contributed by atoms with E-state index in [1.54, 1.807) is 7.05 Å². The fourth-order valence-electron chi connectivity index (χ4n) is 4.89. The molecule has 0 spiro atoms. The molecule has 1 fully saturated rings. The summed E-state index contributed by atoms with van der Waals surface area (Å²) in [5.41, 5.74) is 4.58. The number of carboxylic acid groups (broad SMARTS) is 1. The highest BCUT2D eigenvalue weighted by Crippen LogP contribution is 2.44. The number of carbonyl (C=O) groups is 3. The Balaban J connectivity index is 1.30. The monoisotopic (exact) mass is 460 g/mol. The third-order valence-electron chi connectivity index (χ3n) is 6.42. The van der Waals surface area contributed by atoms with Crippen LogP contribution in [0.2, 0.25) is 0 Å². The number of hydrogen-bond acceptors (Lipinski definition) is 5. The molecule has 1 aliphatic heterocycles. The van der Waals surface area contributed by atoms with Gasteiger partial charge in [-0.05, 0) is 35.1 Å². The first-order valence-corrected chi connectivity index (χ1v) is 11.1. The predicted molar refractivity (Wildman–Crippen MR) is 124 cm³/mol. The summed E-state index contributed by atoms with van der Waals surface area (Å²) in [6.45, 7) is 0.471. The Kier molecular flexibility index (Phi) is 5.53. The Morgan fingerprint density at radius 1 is 1.09 bits per heavy atom. The zero-order valence-electron chi connectivity index (χ0n) is 18.6. The van der Waals surface area contributed by atoms with Gasteiger partial charge in [-0.15, -0.1) is 0 Å². The van der Waals surface area contributed by atoms with E-state index in [0.29, 0.717) is 19.4 Å². The quantitative estimate of drug-likeness (QED) is 0.603. The van der Waals surface area contributed by atoms with Crippen LogP contribution >= 0.6 is 0 Å². The number of anilines is 1. The summed E-state index contributed by atoms with van der Waals surface area (Å²) in [6.07, 6.45) is 1.75. The zero-order chi connectivity index (χ0) is 23.8. The van der Waals surface area contributed by atoms with Crippen molar-refractivity contribution in [1.82, 2.24) is 14.7 Å². The van der Waals surface area contributed by atoms with Gasteiger partial charge >= 0.3 is 12.1 Å². The number of aromatic nitrogens is 2. The molecule has 34 heavy (non-hydrogen) atoms. The molecule has 0 saturated carbocycles. The van der Waals surface area contributed by atoms with Crippen LogP contribution in [0.1, 0.15) is 40.2 Å². The van der Waals surface area contributed by atoms with Crippen molar-refractivity contribution in [3.8, 4) is 11.1 Å². The SMILES string of the molecule is Cn1cc(C(=O)N2CCC[C@H]2C(=O)O)c(NC(=O)OCC2c3ccccc3-c3ccccc32)n1. The normalized spacial score (nSPS) is 16.7. The summed E-state index contributed by atoms with van der Waals surface area (Å²) in [7, 11) is 1.62. The summed E-state index contributed by atoms with van der Waals surface area (Å²) in [5, 5.41) is 16.1. The number of fused-ring (bicyclic) bond motifs is 3. The van der Waals surface area contributed by atoms with Crippen LogP contribution in [0.4, 0.5) is 10.6 Å². The van der Waals surface area contributed by atoms with Crippen LogP contribution in [0, 0.1) is 0 Å². The standard InChI is InChI=1S/C25H24N4O5/c1-28-13-19(23(30)29-12-6-11-21(29)24(31)32)22(27-28)26-25(33)34-14-20-17-9-4-2-7-15(17)16-8-3-5-10-18(16)20/h2-5,7-10,13,20-21H,6,11-12,14H2,1H3,(H,31,32)(H,26,27,33)/t21-/m0/s1. The van der Waals surface area contributed by atoms with Gasteiger partial charge in [0, 0.05) is 25.7 Å². The van der Waals surface area contributed by atoms with Gasteiger partial charge in [-0.3, -0.25) is 14.8 Å². The first-order valence-electron chi connectivity index (χ1n) is 11.1. The number of nitrogens with zero attached hydrogens (tertiary/aromatic N) is 3. The lowest BCUT2D eigenvalue weighted by Crippen LogP contribution is -2.40. The van der Waals surface area contributed by atoms with E-state index in [-0.39, 0.29) is 23.9 Å². The van der Waals surface area contributed by atoms with Crippen LogP contribution in [0.3, 0.4) is 0 Å². The van der Waals surface area contributed by atoms with E-state index < -0.39 is 24.0 Å². The van der Waals surface area contributed by atoms with Gasteiger partial charge in [-0.1, -0.05) is 48.5 Å². The van der Waals surface area contributed by atoms with Crippen molar-refractivity contribution in [2.75, 3.05) is 18.5 Å². The van der Waals surface area contributed by atoms with Gasteiger partial charge in [-0.25, -0.2) is 9.59 Å². The van der Waals surface area contributed by atoms with Crippen LogP contribution in [-0.2, 0) is 16.6 Å². The topological polar surface area (TPSA) is 114 Å². The summed E-state index contributed by atoms with van der Waals surface area (Å²) in [4.78, 5) is 38.5. The second kappa shape index (κ2) is 8.66. The van der Waals surface area contributed by atoms with Crippen LogP contribution < -0.4 is 5.32 Å². The minimum absolute atomic E-state index is 0.0424. The predicted octanol–water partition coefficient (Wildman–Crippen LogP) is 3.47. The lowest BCUT2D eigenvalue weighted by Gasteiger charge is -2.21. The lowest BCUT2D eigenvalue weighted by atomic mass is 9.98. The average molecular weight is 460 g/mol. The van der Waals surface area contributed by atoms with Crippen LogP contribution in [0.25, 0.3) is 11.1 Å². The molecule has 3 aromatic rings. The van der Waals surface area contributed by atoms with E-state index >= 15 is 0 Å². The van der Waals surface area contributed by atoms with Gasteiger partial charge in [0.15, 0.2) is 5.82 Å². The van der Waals surface area contributed by atoms with E-state index in [1.807, 2.05) is 36.4 Å². The van der Waals surface area contributed by atoms with E-state index in [0.717, 1.165) is 22.3 Å². The van der Waals surface area contributed by atoms with Crippen LogP contribution in [0.15, 0.2) is 54.7 Å². The third kappa shape index (κ3) is 3.79. The highest BCUT2D eigenvalue weighted by Gasteiger charge is 2.36. The Morgan fingerprint density at radius 3 is 2.38 bits per heavy atom. The van der Waals surface area contributed by atoms with Gasteiger partial charge in [-0.2, -0.15) is 5.10 Å². The minimum atomic E-state index is -1.04. The number of benzene rings is 2. The van der Waals surface area contributed by atoms with Crippen LogP contribution in [-0.4, -0.2) is 57.0 Å². The Morgan fingerprint density at radius 2 is 1.74 bits per heavy atom. The maximum atomic E-state index is 13.0. The van der Waals surface area contributed by atoms with Crippen molar-refractivity contribution >= 4 is 23.8 Å². The molecule has 2 heterocycles. The molecule has 9 nitrogen and oxygen atoms in total. The van der Waals surface area contributed by atoms with E-state index in [2.05, 4.69) is 22.5 Å². The molecule has 0 unspecified atom stereocenters. The number of hydrogen-bond donors (Lipinski definition) is 2. The zero-order valence-corrected chi connectivity index (χ0v) is 18.6. The number of nitrogens with one attached hydrogen (secondary N) is 1. The molecule has 1 saturated heterocycles. The van der Waals surface area contributed by atoms with Gasteiger partial charge in [0.2, 0.25) is 0 Å². The molecule has 9 heteroatoms. The number of carboxylic acids is 1. The molecule has 5 rings (SSSR count). The number of ether oxygens (including phenoxy) is 1. The fourth-order valence-corrected chi connectivity index (χ4v) is 4.89. The third-order valence-corrected chi connectivity index (χ3v) is 6.42. The first kappa shape index (κ1) is 21.7. The molecule has 2 aliphatic rings. The second-order valence-corrected chi connectivity index (χ2v) is 8.51. The Bertz CT molecular complexity index is 1240. The summed E-state index contributed by atoms with van der Waals surface area (Å²) in [6, 6.07) is 15.2. The number of aliphatic carboxylic acids is 1. The summed E-state index contributed by atoms with van der Waals surface area (Å²) in [5.74, 6) is -1.57. The van der Waals surface area contributed by atoms with Crippen molar-refractivity contribution in [2.45, 2.75) is 24.8 Å². The van der Waals surface area contributed by atoms with Crippen molar-refractivity contribution < 1.29 is 24.2 Å². The minimum Gasteiger partial charge on any atom is -0.480 e. The maximum absolute atomic E-state index is 13.0. The second-order valence-electron chi connectivity index (χ2n) is 8.51. The number of rotatable bonds is 5. The molecule has 1 aliphatic carbocycles. The average Bonchev–Trinajstić information content (AvgIpc) is 3.53. The van der Waals surface area contributed by atoms with Gasteiger partial charge in [0.1, 0.15) is 18.2 Å². The number of likely N-dealkylation sites (tertiary alicyclic amines) is 1. The number of carbonyl (C=O) groups excluding carboxylic acids is 2. The molecule has 0 bridgehead atoms. The number of aryl methyl sites for hydroxylation is 1. The lowest BCUT2D eigenvalue weighted by molar-refractivity contribution is -0.141. The van der Waals surface area contributed by atoms with Gasteiger partial charge < -0.3 is 14.7 Å². The molecule has 2 aromatic carbocycles. The Hall–Kier alpha value is -4.14. The van der Waals surface area contributed by atoms with Gasteiger partial charge in [0.05, 0.1) is 0 Å². The summed E-state index contributed by atoms with van der Waals surface area (Å²) >= 11 is 0. The molecule has 174 valence electrons. The fraction of sp³-hybridized carbons (Fsp3) is 0.280. The number of amides is 2. The van der Waals surface area contributed by atoms with Crippen molar-refractivity contribution in [3.63, 3.8) is 0 Å². The summed E-state index contributed by atoms with van der Waals surface area (Å²) < 4.78 is 6.96. The highest BCUT2D eigenvalue weighted by atomic mass is 16.5. The molecular weight excluding hydrogens is 436 g/mol. The van der Waals surface area contributed by atoms with Crippen molar-refractivity contribution in [2.24, 2.45) is 7.05 Å². The van der Waals surface area contributed by atoms with Crippen molar-refractivity contribution in [1.29, 1.82) is 0 Å². The molecular formula is C25H24N4O5. The van der Waals surface area contributed by atoms with Crippen LogP contribution in [0.5, 0.6) is 0 Å². The molecule has 2 N–H and O–H groups in total. The molecule has 1 atom stereocenters. The molecule has 1 aromatic heterocycles. The maximum Gasteiger partial charge on any atom is 0.412 e. The van der Waals surface area contributed by atoms with E-state index in [1.165, 1.54) is 15.8 Å². The van der Waals surface area contributed by atoms with E-state index in [4.69, 9.17) is 4.74 Å². The van der Waals surface area contributed by atoms with Gasteiger partial charge in [0.25, 0.3) is 5.91 Å². The smallest absolute Gasteiger partial charge is 0.412 e. The Labute approximate surface area is 195 Å². The first-order chi connectivity index (χ1) is 16.4. The molecule has 2 amide bonds. The van der Waals surface area contributed by atoms with Crippen molar-refractivity contribution in [3.05, 3.63) is 71.4 Å². The highest BCUT2D eigenvalue weighted by molar-refractivity contribution is 6.03. The molecule has 0 radical (unpaired) electrons. The van der Waals surface area contributed by atoms with E-state index in [9.17, 15) is 19.5 Å². The largest absolute Gasteiger partial charge is 0.480 e.